The van der Waals surface area contributed by atoms with E-state index in [0.717, 1.165) is 0 Å². The number of benzene rings is 2. The van der Waals surface area contributed by atoms with Crippen LogP contribution in [0.4, 0.5) is 0 Å². The number of carbonyl (C=O) groups is 1. The normalized spacial score (nSPS) is 9.18. The molecule has 0 bridgehead atoms. The molecular formula is C13H13NO3. The lowest BCUT2D eigenvalue weighted by molar-refractivity contribution is 0.0731. The van der Waals surface area contributed by atoms with E-state index >= 15 is 0 Å². The first-order chi connectivity index (χ1) is 7.77. The molecule has 2 aromatic rings. The molecule has 0 radical (unpaired) electrons. The molecule has 17 heavy (non-hydrogen) atoms. The van der Waals surface area contributed by atoms with E-state index in [-0.39, 0.29) is 17.5 Å². The van der Waals surface area contributed by atoms with E-state index in [2.05, 4.69) is 0 Å². The van der Waals surface area contributed by atoms with Crippen molar-refractivity contribution < 1.29 is 14.6 Å². The molecule has 0 saturated carbocycles. The van der Waals surface area contributed by atoms with E-state index in [4.69, 9.17) is 4.74 Å². The largest absolute Gasteiger partial charge is 0.507 e. The Morgan fingerprint density at radius 1 is 0.941 bits per heavy atom. The fourth-order valence-corrected chi connectivity index (χ4v) is 1.30. The molecular weight excluding hydrogens is 218 g/mol. The zero-order valence-electron chi connectivity index (χ0n) is 9.17. The summed E-state index contributed by atoms with van der Waals surface area (Å²) in [5.41, 5.74) is 0.159. The number of hydrogen-bond donors (Lipinski definition) is 2. The standard InChI is InChI=1S/C13H10O3.H3N/c14-12-9-5-4-8-11(12)13(15)16-10-6-2-1-3-7-10;/h1-9,14H;1H3. The Morgan fingerprint density at radius 3 is 2.18 bits per heavy atom. The third-order valence-electron chi connectivity index (χ3n) is 2.08. The highest BCUT2D eigenvalue weighted by Gasteiger charge is 2.12. The number of hydrogen-bond acceptors (Lipinski definition) is 4. The van der Waals surface area contributed by atoms with Crippen LogP contribution in [0.1, 0.15) is 10.4 Å². The Kier molecular flexibility index (Phi) is 4.25. The second-order valence-corrected chi connectivity index (χ2v) is 3.22. The molecule has 0 aliphatic carbocycles. The molecule has 4 heteroatoms. The first kappa shape index (κ1) is 12.7. The Morgan fingerprint density at radius 2 is 1.53 bits per heavy atom. The Bertz CT molecular complexity index is 497. The number of para-hydroxylation sites is 2. The van der Waals surface area contributed by atoms with Crippen molar-refractivity contribution in [2.45, 2.75) is 0 Å². The molecule has 0 saturated heterocycles. The van der Waals surface area contributed by atoms with Crippen molar-refractivity contribution in [1.29, 1.82) is 0 Å². The van der Waals surface area contributed by atoms with Gasteiger partial charge in [-0.15, -0.1) is 0 Å². The molecule has 88 valence electrons. The molecule has 2 aromatic carbocycles. The number of carbonyl (C=O) groups excluding carboxylic acids is 1. The molecule has 4 nitrogen and oxygen atoms in total. The third-order valence-corrected chi connectivity index (χ3v) is 2.08. The van der Waals surface area contributed by atoms with Gasteiger partial charge in [-0.05, 0) is 24.3 Å². The average molecular weight is 231 g/mol. The smallest absolute Gasteiger partial charge is 0.347 e. The molecule has 0 aliphatic rings. The summed E-state index contributed by atoms with van der Waals surface area (Å²) in [7, 11) is 0. The predicted octanol–water partition coefficient (Wildman–Crippen LogP) is 2.77. The van der Waals surface area contributed by atoms with Crippen LogP contribution in [-0.4, -0.2) is 11.1 Å². The highest BCUT2D eigenvalue weighted by molar-refractivity contribution is 5.93. The van der Waals surface area contributed by atoms with Gasteiger partial charge in [-0.25, -0.2) is 4.79 Å². The molecule has 0 fully saturated rings. The average Bonchev–Trinajstić information content (AvgIpc) is 2.31. The van der Waals surface area contributed by atoms with Gasteiger partial charge >= 0.3 is 5.97 Å². The molecule has 0 amide bonds. The van der Waals surface area contributed by atoms with Crippen LogP contribution in [-0.2, 0) is 0 Å². The summed E-state index contributed by atoms with van der Waals surface area (Å²) >= 11 is 0. The second-order valence-electron chi connectivity index (χ2n) is 3.22. The van der Waals surface area contributed by atoms with E-state index in [9.17, 15) is 9.90 Å². The molecule has 0 aromatic heterocycles. The molecule has 0 unspecified atom stereocenters. The number of phenolic OH excluding ortho intramolecular Hbond substituents is 1. The first-order valence-electron chi connectivity index (χ1n) is 4.82. The summed E-state index contributed by atoms with van der Waals surface area (Å²) in [6.07, 6.45) is 0. The number of aromatic hydroxyl groups is 1. The van der Waals surface area contributed by atoms with Crippen molar-refractivity contribution in [2.75, 3.05) is 0 Å². The maximum atomic E-state index is 11.7. The zero-order chi connectivity index (χ0) is 11.4. The monoisotopic (exact) mass is 231 g/mol. The maximum Gasteiger partial charge on any atom is 0.347 e. The summed E-state index contributed by atoms with van der Waals surface area (Å²) < 4.78 is 5.08. The molecule has 2 rings (SSSR count). The van der Waals surface area contributed by atoms with E-state index in [1.54, 1.807) is 36.4 Å². The molecule has 0 atom stereocenters. The fourth-order valence-electron chi connectivity index (χ4n) is 1.30. The number of phenols is 1. The Balaban J connectivity index is 0.00000144. The van der Waals surface area contributed by atoms with Crippen LogP contribution in [0.2, 0.25) is 0 Å². The van der Waals surface area contributed by atoms with Crippen molar-refractivity contribution in [1.82, 2.24) is 6.15 Å². The predicted molar refractivity (Wildman–Crippen MR) is 64.5 cm³/mol. The van der Waals surface area contributed by atoms with E-state index < -0.39 is 5.97 Å². The van der Waals surface area contributed by atoms with Crippen LogP contribution in [0.5, 0.6) is 11.5 Å². The fraction of sp³-hybridized carbons (Fsp3) is 0. The van der Waals surface area contributed by atoms with Crippen LogP contribution in [0.25, 0.3) is 0 Å². The lowest BCUT2D eigenvalue weighted by Gasteiger charge is -2.04. The van der Waals surface area contributed by atoms with Crippen molar-refractivity contribution in [3.05, 3.63) is 60.2 Å². The van der Waals surface area contributed by atoms with Crippen molar-refractivity contribution in [3.8, 4) is 11.5 Å². The minimum Gasteiger partial charge on any atom is -0.507 e. The highest BCUT2D eigenvalue weighted by atomic mass is 16.5. The Hall–Kier alpha value is -2.33. The zero-order valence-corrected chi connectivity index (χ0v) is 9.17. The summed E-state index contributed by atoms with van der Waals surface area (Å²) in [5.74, 6) is -0.191. The van der Waals surface area contributed by atoms with Gasteiger partial charge in [0.25, 0.3) is 0 Å². The van der Waals surface area contributed by atoms with E-state index in [1.807, 2.05) is 6.07 Å². The summed E-state index contributed by atoms with van der Waals surface area (Å²) in [4.78, 5) is 11.7. The van der Waals surface area contributed by atoms with Gasteiger partial charge in [0.05, 0.1) is 0 Å². The van der Waals surface area contributed by atoms with Gasteiger partial charge in [0.15, 0.2) is 0 Å². The lowest BCUT2D eigenvalue weighted by atomic mass is 10.2. The van der Waals surface area contributed by atoms with Gasteiger partial charge in [0.2, 0.25) is 0 Å². The minimum absolute atomic E-state index is 0. The van der Waals surface area contributed by atoms with Crippen LogP contribution < -0.4 is 10.9 Å². The topological polar surface area (TPSA) is 81.5 Å². The quantitative estimate of drug-likeness (QED) is 0.615. The lowest BCUT2D eigenvalue weighted by Crippen LogP contribution is -2.08. The number of rotatable bonds is 2. The number of ether oxygens (including phenoxy) is 1. The van der Waals surface area contributed by atoms with Crippen LogP contribution in [0.15, 0.2) is 54.6 Å². The molecule has 4 N–H and O–H groups in total. The van der Waals surface area contributed by atoms with Gasteiger partial charge in [-0.2, -0.15) is 0 Å². The third kappa shape index (κ3) is 3.06. The number of esters is 1. The van der Waals surface area contributed by atoms with E-state index in [1.165, 1.54) is 12.1 Å². The van der Waals surface area contributed by atoms with Gasteiger partial charge in [0.1, 0.15) is 17.1 Å². The van der Waals surface area contributed by atoms with Gasteiger partial charge in [-0.1, -0.05) is 30.3 Å². The molecule has 0 heterocycles. The van der Waals surface area contributed by atoms with Gasteiger partial charge in [-0.3, -0.25) is 0 Å². The SMILES string of the molecule is N.O=C(Oc1ccccc1)c1ccccc1O. The summed E-state index contributed by atoms with van der Waals surface area (Å²) in [6, 6.07) is 15.0. The van der Waals surface area contributed by atoms with Crippen LogP contribution in [0, 0.1) is 0 Å². The second kappa shape index (κ2) is 5.67. The van der Waals surface area contributed by atoms with Crippen LogP contribution in [0.3, 0.4) is 0 Å². The minimum atomic E-state index is -0.565. The van der Waals surface area contributed by atoms with Crippen molar-refractivity contribution in [2.24, 2.45) is 0 Å². The Labute approximate surface area is 99.1 Å². The maximum absolute atomic E-state index is 11.7. The van der Waals surface area contributed by atoms with Crippen molar-refractivity contribution >= 4 is 5.97 Å². The van der Waals surface area contributed by atoms with Crippen LogP contribution >= 0.6 is 0 Å². The molecule has 0 aliphatic heterocycles. The molecule has 0 spiro atoms. The summed E-state index contributed by atoms with van der Waals surface area (Å²) in [5, 5.41) is 9.46. The van der Waals surface area contributed by atoms with Gasteiger partial charge in [0, 0.05) is 0 Å². The van der Waals surface area contributed by atoms with Gasteiger partial charge < -0.3 is 16.0 Å². The summed E-state index contributed by atoms with van der Waals surface area (Å²) in [6.45, 7) is 0. The first-order valence-corrected chi connectivity index (χ1v) is 4.82. The van der Waals surface area contributed by atoms with Crippen molar-refractivity contribution in [3.63, 3.8) is 0 Å². The highest BCUT2D eigenvalue weighted by Crippen LogP contribution is 2.18. The van der Waals surface area contributed by atoms with E-state index in [0.29, 0.717) is 5.75 Å².